The lowest BCUT2D eigenvalue weighted by Crippen LogP contribution is -2.43. The van der Waals surface area contributed by atoms with Crippen molar-refractivity contribution in [2.45, 2.75) is 33.1 Å². The number of carbonyl (C=O) groups excluding carboxylic acids is 3. The van der Waals surface area contributed by atoms with Gasteiger partial charge in [0, 0.05) is 38.3 Å². The van der Waals surface area contributed by atoms with Crippen LogP contribution in [-0.2, 0) is 9.59 Å². The van der Waals surface area contributed by atoms with Gasteiger partial charge in [0.1, 0.15) is 5.75 Å². The van der Waals surface area contributed by atoms with Gasteiger partial charge < -0.3 is 19.9 Å². The number of hydrogen-bond donors (Lipinski definition) is 1. The molecule has 2 heterocycles. The lowest BCUT2D eigenvalue weighted by molar-refractivity contribution is -0.126. The van der Waals surface area contributed by atoms with E-state index in [9.17, 15) is 14.4 Å². The largest absolute Gasteiger partial charge is 0.415 e. The first-order valence-corrected chi connectivity index (χ1v) is 11.6. The van der Waals surface area contributed by atoms with Crippen molar-refractivity contribution in [2.24, 2.45) is 11.8 Å². The predicted molar refractivity (Wildman–Crippen MR) is 126 cm³/mol. The van der Waals surface area contributed by atoms with E-state index in [4.69, 9.17) is 4.74 Å². The van der Waals surface area contributed by atoms with E-state index in [0.29, 0.717) is 37.8 Å². The van der Waals surface area contributed by atoms with Gasteiger partial charge in [0.05, 0.1) is 5.92 Å². The summed E-state index contributed by atoms with van der Waals surface area (Å²) in [6, 6.07) is 15.0. The fourth-order valence-electron chi connectivity index (χ4n) is 4.39. The topological polar surface area (TPSA) is 79.0 Å². The second kappa shape index (κ2) is 10.1. The lowest BCUT2D eigenvalue weighted by atomic mass is 9.96. The fraction of sp³-hybridized carbons (Fsp3) is 0.423. The molecule has 2 aromatic carbocycles. The number of likely N-dealkylation sites (tertiary alicyclic amines) is 1. The van der Waals surface area contributed by atoms with Gasteiger partial charge in [-0.05, 0) is 68.0 Å². The van der Waals surface area contributed by atoms with Gasteiger partial charge in [0.15, 0.2) is 0 Å². The molecule has 2 aliphatic rings. The summed E-state index contributed by atoms with van der Waals surface area (Å²) in [5.41, 5.74) is 3.17. The Balaban J connectivity index is 1.21. The van der Waals surface area contributed by atoms with Crippen LogP contribution in [0.25, 0.3) is 0 Å². The van der Waals surface area contributed by atoms with Crippen LogP contribution in [0, 0.1) is 25.7 Å². The van der Waals surface area contributed by atoms with E-state index in [0.717, 1.165) is 24.1 Å². The van der Waals surface area contributed by atoms with E-state index in [1.165, 1.54) is 5.56 Å². The maximum atomic E-state index is 12.7. The molecule has 0 bridgehead atoms. The number of nitrogens with zero attached hydrogens (tertiary/aromatic N) is 2. The summed E-state index contributed by atoms with van der Waals surface area (Å²) in [6.07, 6.45) is 1.52. The molecule has 2 fully saturated rings. The molecule has 33 heavy (non-hydrogen) atoms. The number of para-hydroxylation sites is 1. The quantitative estimate of drug-likeness (QED) is 0.755. The molecule has 1 atom stereocenters. The summed E-state index contributed by atoms with van der Waals surface area (Å²) in [5, 5.41) is 3.04. The van der Waals surface area contributed by atoms with Crippen molar-refractivity contribution in [1.82, 2.24) is 10.2 Å². The van der Waals surface area contributed by atoms with Gasteiger partial charge in [0.2, 0.25) is 11.8 Å². The van der Waals surface area contributed by atoms with Gasteiger partial charge in [-0.2, -0.15) is 0 Å². The van der Waals surface area contributed by atoms with Gasteiger partial charge in [-0.3, -0.25) is 9.59 Å². The summed E-state index contributed by atoms with van der Waals surface area (Å²) in [4.78, 5) is 41.0. The van der Waals surface area contributed by atoms with Crippen LogP contribution in [0.4, 0.5) is 10.5 Å². The Morgan fingerprint density at radius 1 is 1.03 bits per heavy atom. The first-order valence-electron chi connectivity index (χ1n) is 11.6. The third-order valence-electron chi connectivity index (χ3n) is 6.68. The molecule has 0 spiro atoms. The number of rotatable bonds is 5. The fourth-order valence-corrected chi connectivity index (χ4v) is 4.39. The van der Waals surface area contributed by atoms with E-state index in [2.05, 4.69) is 5.32 Å². The molecule has 2 saturated heterocycles. The third-order valence-corrected chi connectivity index (χ3v) is 6.68. The Morgan fingerprint density at radius 3 is 2.45 bits per heavy atom. The number of amides is 3. The van der Waals surface area contributed by atoms with E-state index in [-0.39, 0.29) is 30.2 Å². The molecule has 1 unspecified atom stereocenters. The molecule has 7 heteroatoms. The normalized spacial score (nSPS) is 19.0. The number of hydrogen-bond acceptors (Lipinski definition) is 4. The molecule has 174 valence electrons. The number of aryl methyl sites for hydroxylation is 2. The molecule has 3 amide bonds. The molecule has 0 radical (unpaired) electrons. The number of carbonyl (C=O) groups is 3. The zero-order valence-corrected chi connectivity index (χ0v) is 19.3. The highest BCUT2D eigenvalue weighted by Gasteiger charge is 2.35. The van der Waals surface area contributed by atoms with Gasteiger partial charge in [-0.15, -0.1) is 0 Å². The summed E-state index contributed by atoms with van der Waals surface area (Å²) in [6.45, 7) is 6.25. The van der Waals surface area contributed by atoms with Crippen LogP contribution in [0.3, 0.4) is 0 Å². The van der Waals surface area contributed by atoms with Crippen LogP contribution in [0.1, 0.15) is 30.4 Å². The van der Waals surface area contributed by atoms with Crippen LogP contribution < -0.4 is 15.0 Å². The van der Waals surface area contributed by atoms with Gasteiger partial charge in [-0.25, -0.2) is 4.79 Å². The average molecular weight is 450 g/mol. The van der Waals surface area contributed by atoms with Gasteiger partial charge in [-0.1, -0.05) is 24.3 Å². The Kier molecular flexibility index (Phi) is 6.96. The minimum atomic E-state index is -0.334. The van der Waals surface area contributed by atoms with Crippen LogP contribution in [0.15, 0.2) is 48.5 Å². The number of piperidine rings is 1. The minimum absolute atomic E-state index is 0.0105. The summed E-state index contributed by atoms with van der Waals surface area (Å²) in [7, 11) is 0. The Labute approximate surface area is 194 Å². The lowest BCUT2D eigenvalue weighted by Gasteiger charge is -2.31. The molecule has 2 aliphatic heterocycles. The van der Waals surface area contributed by atoms with E-state index < -0.39 is 0 Å². The van der Waals surface area contributed by atoms with Crippen molar-refractivity contribution < 1.29 is 19.1 Å². The zero-order chi connectivity index (χ0) is 23.4. The maximum absolute atomic E-state index is 12.7. The van der Waals surface area contributed by atoms with Crippen LogP contribution >= 0.6 is 0 Å². The molecule has 0 aromatic heterocycles. The highest BCUT2D eigenvalue weighted by atomic mass is 16.6. The number of benzene rings is 2. The van der Waals surface area contributed by atoms with Crippen molar-refractivity contribution in [3.05, 3.63) is 59.7 Å². The predicted octanol–water partition coefficient (Wildman–Crippen LogP) is 3.68. The molecular formula is C26H31N3O4. The molecule has 0 aliphatic carbocycles. The monoisotopic (exact) mass is 449 g/mol. The zero-order valence-electron chi connectivity index (χ0n) is 19.3. The molecule has 2 aromatic rings. The second-order valence-electron chi connectivity index (χ2n) is 9.03. The SMILES string of the molecule is Cc1ccc(N2CC(C(=O)NCC3CCN(C(=O)Oc4ccccc4)CC3)CC2=O)cc1C. The molecule has 4 rings (SSSR count). The van der Waals surface area contributed by atoms with E-state index in [1.807, 2.05) is 50.2 Å². The first-order chi connectivity index (χ1) is 15.9. The van der Waals surface area contributed by atoms with Gasteiger partial charge >= 0.3 is 6.09 Å². The number of nitrogens with one attached hydrogen (secondary N) is 1. The third kappa shape index (κ3) is 5.53. The molecule has 1 N–H and O–H groups in total. The number of anilines is 1. The minimum Gasteiger partial charge on any atom is -0.410 e. The van der Waals surface area contributed by atoms with Crippen molar-refractivity contribution in [2.75, 3.05) is 31.1 Å². The number of ether oxygens (including phenoxy) is 1. The molecule has 0 saturated carbocycles. The summed E-state index contributed by atoms with van der Waals surface area (Å²) < 4.78 is 5.41. The summed E-state index contributed by atoms with van der Waals surface area (Å²) in [5.74, 6) is 0.435. The first kappa shape index (κ1) is 22.8. The molecule has 7 nitrogen and oxygen atoms in total. The maximum Gasteiger partial charge on any atom is 0.415 e. The smallest absolute Gasteiger partial charge is 0.410 e. The van der Waals surface area contributed by atoms with E-state index in [1.54, 1.807) is 21.9 Å². The van der Waals surface area contributed by atoms with Gasteiger partial charge in [0.25, 0.3) is 0 Å². The Morgan fingerprint density at radius 2 is 1.76 bits per heavy atom. The standard InChI is InChI=1S/C26H31N3O4/c1-18-8-9-22(14-19(18)2)29-17-21(15-24(29)30)25(31)27-16-20-10-12-28(13-11-20)26(32)33-23-6-4-3-5-7-23/h3-9,14,20-21H,10-13,15-17H2,1-2H3,(H,27,31). The van der Waals surface area contributed by atoms with Crippen LogP contribution in [-0.4, -0.2) is 49.0 Å². The second-order valence-corrected chi connectivity index (χ2v) is 9.03. The van der Waals surface area contributed by atoms with E-state index >= 15 is 0 Å². The molecular weight excluding hydrogens is 418 g/mol. The van der Waals surface area contributed by atoms with Crippen LogP contribution in [0.2, 0.25) is 0 Å². The summed E-state index contributed by atoms with van der Waals surface area (Å²) >= 11 is 0. The van der Waals surface area contributed by atoms with Crippen molar-refractivity contribution in [3.63, 3.8) is 0 Å². The highest BCUT2D eigenvalue weighted by Crippen LogP contribution is 2.27. The Hall–Kier alpha value is -3.35. The van der Waals surface area contributed by atoms with Crippen LogP contribution in [0.5, 0.6) is 5.75 Å². The van der Waals surface area contributed by atoms with Crippen molar-refractivity contribution >= 4 is 23.6 Å². The Bertz CT molecular complexity index is 1020. The van der Waals surface area contributed by atoms with Crippen molar-refractivity contribution in [3.8, 4) is 5.75 Å². The van der Waals surface area contributed by atoms with Crippen molar-refractivity contribution in [1.29, 1.82) is 0 Å². The highest BCUT2D eigenvalue weighted by molar-refractivity contribution is 6.00. The average Bonchev–Trinajstić information content (AvgIpc) is 3.22.